The van der Waals surface area contributed by atoms with E-state index in [1.807, 2.05) is 24.3 Å². The van der Waals surface area contributed by atoms with Gasteiger partial charge >= 0.3 is 23.9 Å². The summed E-state index contributed by atoms with van der Waals surface area (Å²) in [5.41, 5.74) is 18.9. The highest BCUT2D eigenvalue weighted by Crippen LogP contribution is 2.22. The van der Waals surface area contributed by atoms with Gasteiger partial charge in [0.25, 0.3) is 0 Å². The summed E-state index contributed by atoms with van der Waals surface area (Å²) in [6.07, 6.45) is 3.21. The average molecular weight is 695 g/mol. The molecule has 16 nitrogen and oxygen atoms in total. The first kappa shape index (κ1) is 43.2. The van der Waals surface area contributed by atoms with E-state index in [-0.39, 0.29) is 70.9 Å². The Labute approximate surface area is 288 Å². The average Bonchev–Trinajstić information content (AvgIpc) is 3.00. The summed E-state index contributed by atoms with van der Waals surface area (Å²) in [5, 5.41) is 41.8. The molecule has 1 aromatic carbocycles. The number of nitrogens with one attached hydrogen (secondary N) is 1. The SMILES string of the molecule is CC=[N+](CC(=O)O)CC(N)(CN)CN(CCN(CC(=O)O)CC(CN)(C[N+](=CC)CC(=O)O)NCc1ccc(C(C)(C)C)cc1)CC(=O)O. The van der Waals surface area contributed by atoms with Crippen molar-refractivity contribution < 1.29 is 48.8 Å². The maximum atomic E-state index is 12.1. The van der Waals surface area contributed by atoms with Crippen LogP contribution in [0.15, 0.2) is 24.3 Å². The standard InChI is InChI=1S/C33H56N8O8/c1-6-38(15-27(42)43)21-32(36,19-34)22-40(17-29(46)47)12-13-41(18-30(48)49)24-33(20-35,23-39(7-2)16-28(44)45)37-14-25-8-10-26(11-9-25)31(3,4)5/h6-11,37H,12-24,34-36H2,1-5H3,(H2-2,42,43,44,45,46,47,48,49)/p+2. The molecule has 0 amide bonds. The third-order valence-electron chi connectivity index (χ3n) is 8.23. The van der Waals surface area contributed by atoms with Gasteiger partial charge < -0.3 is 37.6 Å². The molecule has 0 fully saturated rings. The number of aliphatic carboxylic acids is 4. The van der Waals surface area contributed by atoms with Gasteiger partial charge in [0.05, 0.1) is 13.1 Å². The zero-order chi connectivity index (χ0) is 37.4. The molecular weight excluding hydrogens is 636 g/mol. The number of hydrogen-bond acceptors (Lipinski definition) is 10. The van der Waals surface area contributed by atoms with Gasteiger partial charge in [-0.2, -0.15) is 0 Å². The van der Waals surface area contributed by atoms with Crippen molar-refractivity contribution in [2.24, 2.45) is 17.2 Å². The monoisotopic (exact) mass is 694 g/mol. The van der Waals surface area contributed by atoms with Crippen molar-refractivity contribution in [1.82, 2.24) is 15.1 Å². The second-order valence-corrected chi connectivity index (χ2v) is 13.7. The Balaban J connectivity index is 3.39. The van der Waals surface area contributed by atoms with Crippen LogP contribution in [0.5, 0.6) is 0 Å². The third kappa shape index (κ3) is 16.4. The second kappa shape index (κ2) is 20.0. The Bertz CT molecular complexity index is 1310. The molecule has 0 radical (unpaired) electrons. The van der Waals surface area contributed by atoms with Gasteiger partial charge in [-0.15, -0.1) is 0 Å². The van der Waals surface area contributed by atoms with Gasteiger partial charge in [0, 0.05) is 59.7 Å². The number of benzene rings is 1. The number of hydrogen-bond donors (Lipinski definition) is 8. The van der Waals surface area contributed by atoms with E-state index in [9.17, 15) is 39.6 Å². The Morgan fingerprint density at radius 2 is 1.22 bits per heavy atom. The summed E-state index contributed by atoms with van der Waals surface area (Å²) < 4.78 is 3.08. The van der Waals surface area contributed by atoms with Crippen molar-refractivity contribution in [3.63, 3.8) is 0 Å². The molecule has 2 unspecified atom stereocenters. The summed E-state index contributed by atoms with van der Waals surface area (Å²) in [4.78, 5) is 50.0. The number of rotatable bonds is 24. The Morgan fingerprint density at radius 1 is 0.755 bits per heavy atom. The van der Waals surface area contributed by atoms with Crippen LogP contribution in [0.2, 0.25) is 0 Å². The number of nitrogens with zero attached hydrogens (tertiary/aromatic N) is 4. The predicted molar refractivity (Wildman–Crippen MR) is 187 cm³/mol. The maximum Gasteiger partial charge on any atom is 0.369 e. The molecule has 0 saturated heterocycles. The minimum atomic E-state index is -1.19. The molecule has 0 aliphatic rings. The first-order valence-electron chi connectivity index (χ1n) is 16.2. The second-order valence-electron chi connectivity index (χ2n) is 13.7. The predicted octanol–water partition coefficient (Wildman–Crippen LogP) is -1.42. The van der Waals surface area contributed by atoms with Crippen molar-refractivity contribution in [2.75, 3.05) is 78.5 Å². The van der Waals surface area contributed by atoms with Crippen LogP contribution in [0.3, 0.4) is 0 Å². The van der Waals surface area contributed by atoms with Crippen molar-refractivity contribution in [1.29, 1.82) is 0 Å². The summed E-state index contributed by atoms with van der Waals surface area (Å²) in [6, 6.07) is 8.09. The lowest BCUT2D eigenvalue weighted by molar-refractivity contribution is -0.524. The first-order valence-corrected chi connectivity index (χ1v) is 16.2. The number of nitrogens with two attached hydrogens (primary N) is 3. The number of carboxylic acids is 4. The van der Waals surface area contributed by atoms with E-state index in [1.165, 1.54) is 4.58 Å². The molecule has 0 aromatic heterocycles. The van der Waals surface area contributed by atoms with Crippen LogP contribution >= 0.6 is 0 Å². The van der Waals surface area contributed by atoms with E-state index in [2.05, 4.69) is 26.1 Å². The van der Waals surface area contributed by atoms with E-state index in [0.717, 1.165) is 11.1 Å². The van der Waals surface area contributed by atoms with Gasteiger partial charge in [-0.05, 0) is 16.5 Å². The number of carboxylic acid groups (broad SMARTS) is 4. The molecule has 276 valence electrons. The number of carbonyl (C=O) groups is 4. The van der Waals surface area contributed by atoms with E-state index >= 15 is 0 Å². The topological polar surface area (TPSA) is 252 Å². The summed E-state index contributed by atoms with van der Waals surface area (Å²) in [7, 11) is 0. The van der Waals surface area contributed by atoms with Crippen LogP contribution in [-0.2, 0) is 31.1 Å². The highest BCUT2D eigenvalue weighted by Gasteiger charge is 2.38. The van der Waals surface area contributed by atoms with Gasteiger partial charge in [0.15, 0.2) is 13.1 Å². The van der Waals surface area contributed by atoms with Crippen LogP contribution in [-0.4, -0.2) is 165 Å². The molecule has 0 aliphatic heterocycles. The van der Waals surface area contributed by atoms with Crippen molar-refractivity contribution in [3.05, 3.63) is 35.4 Å². The first-order chi connectivity index (χ1) is 22.8. The van der Waals surface area contributed by atoms with Gasteiger partial charge in [-0.25, -0.2) is 18.7 Å². The van der Waals surface area contributed by atoms with E-state index in [4.69, 9.17) is 17.2 Å². The highest BCUT2D eigenvalue weighted by atomic mass is 16.4. The summed E-state index contributed by atoms with van der Waals surface area (Å²) in [5.74, 6) is -4.35. The van der Waals surface area contributed by atoms with E-state index in [1.54, 1.807) is 40.7 Å². The maximum absolute atomic E-state index is 12.1. The highest BCUT2D eigenvalue weighted by molar-refractivity contribution is 5.70. The normalized spacial score (nSPS) is 15.2. The quantitative estimate of drug-likeness (QED) is 0.0457. The van der Waals surface area contributed by atoms with Crippen LogP contribution in [0.25, 0.3) is 0 Å². The molecule has 0 aliphatic carbocycles. The third-order valence-corrected chi connectivity index (χ3v) is 8.23. The van der Waals surface area contributed by atoms with Crippen LogP contribution in [0.1, 0.15) is 45.7 Å². The Kier molecular flexibility index (Phi) is 17.7. The fourth-order valence-electron chi connectivity index (χ4n) is 5.54. The molecule has 16 heteroatoms. The fraction of sp³-hybridized carbons (Fsp3) is 0.636. The lowest BCUT2D eigenvalue weighted by atomic mass is 9.86. The van der Waals surface area contributed by atoms with Gasteiger partial charge in [0.1, 0.15) is 23.5 Å². The minimum absolute atomic E-state index is 0.0112. The van der Waals surface area contributed by atoms with E-state index < -0.39 is 48.0 Å². The minimum Gasteiger partial charge on any atom is -0.480 e. The summed E-state index contributed by atoms with van der Waals surface area (Å²) >= 11 is 0. The molecule has 1 rings (SSSR count). The van der Waals surface area contributed by atoms with Crippen molar-refractivity contribution in [2.45, 2.75) is 57.7 Å². The van der Waals surface area contributed by atoms with Crippen molar-refractivity contribution in [3.8, 4) is 0 Å². The largest absolute Gasteiger partial charge is 0.480 e. The molecule has 0 spiro atoms. The smallest absolute Gasteiger partial charge is 0.369 e. The van der Waals surface area contributed by atoms with Crippen molar-refractivity contribution >= 4 is 36.3 Å². The van der Waals surface area contributed by atoms with E-state index in [0.29, 0.717) is 6.54 Å². The van der Waals surface area contributed by atoms with Gasteiger partial charge in [-0.3, -0.25) is 24.7 Å². The Hall–Kier alpha value is -3.80. The zero-order valence-corrected chi connectivity index (χ0v) is 29.6. The lowest BCUT2D eigenvalue weighted by Crippen LogP contribution is -2.64. The molecule has 2 atom stereocenters. The van der Waals surface area contributed by atoms with Crippen LogP contribution < -0.4 is 22.5 Å². The van der Waals surface area contributed by atoms with Gasteiger partial charge in [-0.1, -0.05) is 45.0 Å². The molecule has 49 heavy (non-hydrogen) atoms. The molecular formula is C33H58N8O8+2. The zero-order valence-electron chi connectivity index (χ0n) is 29.6. The Morgan fingerprint density at radius 3 is 1.61 bits per heavy atom. The van der Waals surface area contributed by atoms with Crippen LogP contribution in [0.4, 0.5) is 0 Å². The van der Waals surface area contributed by atoms with Crippen LogP contribution in [0, 0.1) is 0 Å². The summed E-state index contributed by atoms with van der Waals surface area (Å²) in [6.45, 7) is 9.06. The fourth-order valence-corrected chi connectivity index (χ4v) is 5.54. The van der Waals surface area contributed by atoms with Gasteiger partial charge in [0.2, 0.25) is 13.1 Å². The molecule has 0 heterocycles. The lowest BCUT2D eigenvalue weighted by Gasteiger charge is -2.38. The molecule has 0 saturated carbocycles. The molecule has 11 N–H and O–H groups in total. The molecule has 1 aromatic rings. The molecule has 0 bridgehead atoms.